The van der Waals surface area contributed by atoms with Crippen LogP contribution in [0.15, 0.2) is 48.5 Å². The average molecular weight is 380 g/mol. The number of methoxy groups -OCH3 is 1. The molecule has 0 radical (unpaired) electrons. The second kappa shape index (κ2) is 8.81. The number of carboxylic acids is 1. The molecule has 3 rings (SSSR count). The van der Waals surface area contributed by atoms with Crippen LogP contribution in [0.4, 0.5) is 0 Å². The minimum Gasteiger partial charge on any atom is -0.496 e. The van der Waals surface area contributed by atoms with E-state index < -0.39 is 5.97 Å². The molecule has 144 valence electrons. The van der Waals surface area contributed by atoms with E-state index in [4.69, 9.17) is 14.6 Å². The molecule has 28 heavy (non-hydrogen) atoms. The van der Waals surface area contributed by atoms with Crippen molar-refractivity contribution >= 4 is 12.0 Å². The lowest BCUT2D eigenvalue weighted by molar-refractivity contribution is 0.0677. The maximum absolute atomic E-state index is 11.0. The number of carboxylic acid groups (broad SMARTS) is 1. The molecule has 8 nitrogen and oxygen atoms in total. The van der Waals surface area contributed by atoms with Gasteiger partial charge in [-0.15, -0.1) is 5.10 Å². The SMILES string of the molecule is COc1ccc(C)cc1/C=C/COc1ccc(Cn2nnnc2C(=O)O)cc1. The molecule has 3 aromatic rings. The number of hydrogen-bond acceptors (Lipinski definition) is 6. The predicted molar refractivity (Wildman–Crippen MR) is 103 cm³/mol. The molecule has 0 atom stereocenters. The van der Waals surface area contributed by atoms with Crippen LogP contribution >= 0.6 is 0 Å². The molecule has 1 aromatic heterocycles. The van der Waals surface area contributed by atoms with Gasteiger partial charge in [0.25, 0.3) is 5.82 Å². The Kier molecular flexibility index (Phi) is 6.01. The minimum atomic E-state index is -1.16. The quantitative estimate of drug-likeness (QED) is 0.641. The van der Waals surface area contributed by atoms with E-state index >= 15 is 0 Å². The van der Waals surface area contributed by atoms with Gasteiger partial charge in [0.05, 0.1) is 13.7 Å². The molecule has 0 bridgehead atoms. The summed E-state index contributed by atoms with van der Waals surface area (Å²) >= 11 is 0. The Morgan fingerprint density at radius 3 is 2.71 bits per heavy atom. The van der Waals surface area contributed by atoms with Gasteiger partial charge in [-0.3, -0.25) is 0 Å². The highest BCUT2D eigenvalue weighted by Gasteiger charge is 2.13. The van der Waals surface area contributed by atoms with E-state index in [0.29, 0.717) is 12.4 Å². The molecule has 2 aromatic carbocycles. The van der Waals surface area contributed by atoms with Crippen molar-refractivity contribution in [1.29, 1.82) is 0 Å². The normalized spacial score (nSPS) is 10.9. The molecular formula is C20H20N4O4. The predicted octanol–water partition coefficient (Wildman–Crippen LogP) is 2.83. The first-order valence-corrected chi connectivity index (χ1v) is 8.59. The number of aromatic nitrogens is 4. The summed E-state index contributed by atoms with van der Waals surface area (Å²) in [7, 11) is 1.65. The molecule has 0 aliphatic heterocycles. The summed E-state index contributed by atoms with van der Waals surface area (Å²) in [6.45, 7) is 2.71. The first-order chi connectivity index (χ1) is 13.6. The van der Waals surface area contributed by atoms with Crippen molar-refractivity contribution in [2.75, 3.05) is 13.7 Å². The van der Waals surface area contributed by atoms with Gasteiger partial charge in [-0.1, -0.05) is 29.8 Å². The first kappa shape index (κ1) is 19.1. The van der Waals surface area contributed by atoms with Crippen LogP contribution in [-0.2, 0) is 6.54 Å². The van der Waals surface area contributed by atoms with Crippen LogP contribution in [0.5, 0.6) is 11.5 Å². The number of hydrogen-bond donors (Lipinski definition) is 1. The van der Waals surface area contributed by atoms with Crippen molar-refractivity contribution in [3.63, 3.8) is 0 Å². The maximum atomic E-state index is 11.0. The molecule has 0 spiro atoms. The molecular weight excluding hydrogens is 360 g/mol. The number of carbonyl (C=O) groups is 1. The van der Waals surface area contributed by atoms with Crippen molar-refractivity contribution in [1.82, 2.24) is 20.2 Å². The van der Waals surface area contributed by atoms with Crippen LogP contribution in [0.25, 0.3) is 6.08 Å². The highest BCUT2D eigenvalue weighted by Crippen LogP contribution is 2.21. The number of benzene rings is 2. The third-order valence-electron chi connectivity index (χ3n) is 4.01. The van der Waals surface area contributed by atoms with Crippen LogP contribution < -0.4 is 9.47 Å². The van der Waals surface area contributed by atoms with E-state index in [1.54, 1.807) is 7.11 Å². The molecule has 1 heterocycles. The monoisotopic (exact) mass is 380 g/mol. The zero-order valence-electron chi connectivity index (χ0n) is 15.6. The third-order valence-corrected chi connectivity index (χ3v) is 4.01. The highest BCUT2D eigenvalue weighted by molar-refractivity contribution is 5.83. The molecule has 1 N–H and O–H groups in total. The van der Waals surface area contributed by atoms with Gasteiger partial charge in [-0.2, -0.15) is 0 Å². The van der Waals surface area contributed by atoms with Gasteiger partial charge >= 0.3 is 5.97 Å². The number of aryl methyl sites for hydroxylation is 1. The molecule has 0 aliphatic rings. The number of rotatable bonds is 8. The zero-order valence-corrected chi connectivity index (χ0v) is 15.6. The summed E-state index contributed by atoms with van der Waals surface area (Å²) in [6, 6.07) is 13.3. The van der Waals surface area contributed by atoms with E-state index in [2.05, 4.69) is 21.6 Å². The fourth-order valence-electron chi connectivity index (χ4n) is 2.63. The Bertz CT molecular complexity index is 980. The van der Waals surface area contributed by atoms with E-state index in [0.717, 1.165) is 22.4 Å². The second-order valence-corrected chi connectivity index (χ2v) is 6.07. The highest BCUT2D eigenvalue weighted by atomic mass is 16.5. The molecule has 0 aliphatic carbocycles. The molecule has 8 heteroatoms. The first-order valence-electron chi connectivity index (χ1n) is 8.59. The van der Waals surface area contributed by atoms with Crippen LogP contribution in [0, 0.1) is 6.92 Å². The Labute approximate surface area is 162 Å². The standard InChI is InChI=1S/C20H20N4O4/c1-14-5-10-18(27-2)16(12-14)4-3-11-28-17-8-6-15(7-9-17)13-24-19(20(25)26)21-22-23-24/h3-10,12H,11,13H2,1-2H3,(H,25,26)/b4-3+. The van der Waals surface area contributed by atoms with Gasteiger partial charge in [0, 0.05) is 5.56 Å². The van der Waals surface area contributed by atoms with Gasteiger partial charge in [-0.05, 0) is 53.3 Å². The Hall–Kier alpha value is -3.68. The summed E-state index contributed by atoms with van der Waals surface area (Å²) < 4.78 is 12.3. The third kappa shape index (κ3) is 4.73. The lowest BCUT2D eigenvalue weighted by Crippen LogP contribution is -2.12. The van der Waals surface area contributed by atoms with Gasteiger partial charge in [0.1, 0.15) is 18.1 Å². The van der Waals surface area contributed by atoms with Crippen molar-refractivity contribution < 1.29 is 19.4 Å². The molecule has 0 saturated carbocycles. The van der Waals surface area contributed by atoms with E-state index in [1.165, 1.54) is 4.68 Å². The van der Waals surface area contributed by atoms with Crippen molar-refractivity contribution in [3.05, 3.63) is 71.1 Å². The fraction of sp³-hybridized carbons (Fsp3) is 0.200. The minimum absolute atomic E-state index is 0.197. The number of tetrazole rings is 1. The fourth-order valence-corrected chi connectivity index (χ4v) is 2.63. The van der Waals surface area contributed by atoms with E-state index in [-0.39, 0.29) is 12.4 Å². The lowest BCUT2D eigenvalue weighted by atomic mass is 10.1. The topological polar surface area (TPSA) is 99.4 Å². The number of aromatic carboxylic acids is 1. The Balaban J connectivity index is 1.57. The largest absolute Gasteiger partial charge is 0.496 e. The summed E-state index contributed by atoms with van der Waals surface area (Å²) in [4.78, 5) is 11.0. The summed E-state index contributed by atoms with van der Waals surface area (Å²) in [6.07, 6.45) is 3.89. The van der Waals surface area contributed by atoms with Gasteiger partial charge in [0.15, 0.2) is 0 Å². The molecule has 0 fully saturated rings. The van der Waals surface area contributed by atoms with Crippen molar-refractivity contribution in [3.8, 4) is 11.5 Å². The smallest absolute Gasteiger partial charge is 0.375 e. The summed E-state index contributed by atoms with van der Waals surface area (Å²) in [5.74, 6) is 0.160. The maximum Gasteiger partial charge on any atom is 0.375 e. The lowest BCUT2D eigenvalue weighted by Gasteiger charge is -2.07. The molecule has 0 saturated heterocycles. The Morgan fingerprint density at radius 1 is 1.21 bits per heavy atom. The van der Waals surface area contributed by atoms with Gasteiger partial charge in [-0.25, -0.2) is 9.48 Å². The van der Waals surface area contributed by atoms with Crippen LogP contribution in [0.1, 0.15) is 27.3 Å². The zero-order chi connectivity index (χ0) is 19.9. The van der Waals surface area contributed by atoms with Gasteiger partial charge < -0.3 is 14.6 Å². The van der Waals surface area contributed by atoms with Gasteiger partial charge in [0.2, 0.25) is 0 Å². The Morgan fingerprint density at radius 2 is 2.00 bits per heavy atom. The summed E-state index contributed by atoms with van der Waals surface area (Å²) in [5.41, 5.74) is 3.02. The van der Waals surface area contributed by atoms with Crippen molar-refractivity contribution in [2.45, 2.75) is 13.5 Å². The number of ether oxygens (including phenoxy) is 2. The summed E-state index contributed by atoms with van der Waals surface area (Å²) in [5, 5.41) is 19.6. The average Bonchev–Trinajstić information content (AvgIpc) is 3.15. The van der Waals surface area contributed by atoms with E-state index in [9.17, 15) is 4.79 Å². The second-order valence-electron chi connectivity index (χ2n) is 6.07. The van der Waals surface area contributed by atoms with Crippen LogP contribution in [-0.4, -0.2) is 45.0 Å². The molecule has 0 amide bonds. The number of nitrogens with zero attached hydrogens (tertiary/aromatic N) is 4. The van der Waals surface area contributed by atoms with Crippen molar-refractivity contribution in [2.24, 2.45) is 0 Å². The van der Waals surface area contributed by atoms with E-state index in [1.807, 2.05) is 55.5 Å². The van der Waals surface area contributed by atoms with Crippen LogP contribution in [0.3, 0.4) is 0 Å². The van der Waals surface area contributed by atoms with Crippen LogP contribution in [0.2, 0.25) is 0 Å². The molecule has 0 unspecified atom stereocenters.